The van der Waals surface area contributed by atoms with Gasteiger partial charge in [-0.15, -0.1) is 0 Å². The number of anilines is 1. The van der Waals surface area contributed by atoms with Gasteiger partial charge in [-0.2, -0.15) is 10.1 Å². The predicted octanol–water partition coefficient (Wildman–Crippen LogP) is 3.47. The number of halogens is 1. The molecule has 3 aromatic rings. The lowest BCUT2D eigenvalue weighted by Crippen LogP contribution is -2.20. The van der Waals surface area contributed by atoms with Gasteiger partial charge < -0.3 is 5.32 Å². The van der Waals surface area contributed by atoms with Crippen molar-refractivity contribution in [3.05, 3.63) is 83.9 Å². The largest absolute Gasteiger partial charge is 0.324 e. The number of nitrogens with one attached hydrogen (secondary N) is 1. The minimum absolute atomic E-state index is 0.0417. The number of aromatic nitrogens is 3. The molecule has 1 aliphatic heterocycles. The molecule has 0 saturated heterocycles. The molecule has 1 aliphatic rings. The van der Waals surface area contributed by atoms with E-state index in [-0.39, 0.29) is 11.9 Å². The van der Waals surface area contributed by atoms with Crippen LogP contribution in [0.4, 0.5) is 10.3 Å². The zero-order valence-electron chi connectivity index (χ0n) is 11.6. The molecule has 4 nitrogen and oxygen atoms in total. The molecule has 1 unspecified atom stereocenters. The third-order valence-corrected chi connectivity index (χ3v) is 3.70. The Balaban J connectivity index is 1.81. The van der Waals surface area contributed by atoms with E-state index in [1.54, 1.807) is 12.1 Å². The summed E-state index contributed by atoms with van der Waals surface area (Å²) in [6.07, 6.45) is 3.60. The second-order valence-corrected chi connectivity index (χ2v) is 5.10. The molecule has 0 fully saturated rings. The van der Waals surface area contributed by atoms with Crippen LogP contribution >= 0.6 is 0 Å². The Bertz CT molecular complexity index is 821. The highest BCUT2D eigenvalue weighted by Crippen LogP contribution is 2.31. The number of benzene rings is 2. The second-order valence-electron chi connectivity index (χ2n) is 5.10. The van der Waals surface area contributed by atoms with Crippen molar-refractivity contribution in [2.75, 3.05) is 5.32 Å². The first-order valence-corrected chi connectivity index (χ1v) is 7.00. The molecule has 108 valence electrons. The number of rotatable bonds is 2. The highest BCUT2D eigenvalue weighted by molar-refractivity contribution is 5.77. The zero-order chi connectivity index (χ0) is 14.9. The molecule has 0 saturated carbocycles. The van der Waals surface area contributed by atoms with Crippen LogP contribution in [0.15, 0.2) is 67.0 Å². The number of hydrogen-bond donors (Lipinski definition) is 1. The van der Waals surface area contributed by atoms with Crippen LogP contribution in [-0.2, 0) is 0 Å². The topological polar surface area (TPSA) is 42.7 Å². The van der Waals surface area contributed by atoms with Crippen LogP contribution in [0, 0.1) is 5.82 Å². The van der Waals surface area contributed by atoms with Gasteiger partial charge in [-0.25, -0.2) is 9.07 Å². The molecule has 0 spiro atoms. The third-order valence-electron chi connectivity index (χ3n) is 3.70. The molecule has 0 radical (unpaired) electrons. The van der Waals surface area contributed by atoms with E-state index in [0.717, 1.165) is 16.8 Å². The standard InChI is InChI=1S/C17H13FN4/c18-14-8-6-12(7-9-14)15-10-16(13-4-2-1-3-5-13)22-17(21-15)19-11-20-22/h1-11,16H,(H,19,20,21). The SMILES string of the molecule is Fc1ccc(C2=CC(c3ccccc3)n3ncnc3N2)cc1. The summed E-state index contributed by atoms with van der Waals surface area (Å²) >= 11 is 0. The van der Waals surface area contributed by atoms with E-state index < -0.39 is 0 Å². The Kier molecular flexibility index (Phi) is 2.96. The Morgan fingerprint density at radius 1 is 1.00 bits per heavy atom. The van der Waals surface area contributed by atoms with Gasteiger partial charge in [-0.05, 0) is 41.5 Å². The Morgan fingerprint density at radius 2 is 1.77 bits per heavy atom. The van der Waals surface area contributed by atoms with E-state index in [1.165, 1.54) is 18.5 Å². The maximum Gasteiger partial charge on any atom is 0.226 e. The summed E-state index contributed by atoms with van der Waals surface area (Å²) in [7, 11) is 0. The monoisotopic (exact) mass is 292 g/mol. The van der Waals surface area contributed by atoms with Crippen LogP contribution in [0.1, 0.15) is 17.2 Å². The maximum absolute atomic E-state index is 13.1. The van der Waals surface area contributed by atoms with E-state index in [9.17, 15) is 4.39 Å². The third kappa shape index (κ3) is 2.16. The number of allylic oxidation sites excluding steroid dienone is 1. The average Bonchev–Trinajstić information content (AvgIpc) is 3.04. The molecule has 0 bridgehead atoms. The minimum Gasteiger partial charge on any atom is -0.324 e. The molecular formula is C17H13FN4. The molecule has 1 aromatic heterocycles. The quantitative estimate of drug-likeness (QED) is 0.786. The van der Waals surface area contributed by atoms with Gasteiger partial charge in [-0.3, -0.25) is 0 Å². The van der Waals surface area contributed by atoms with Crippen LogP contribution in [0.3, 0.4) is 0 Å². The first-order valence-electron chi connectivity index (χ1n) is 7.00. The average molecular weight is 292 g/mol. The van der Waals surface area contributed by atoms with Crippen molar-refractivity contribution in [1.82, 2.24) is 14.8 Å². The van der Waals surface area contributed by atoms with Crippen LogP contribution < -0.4 is 5.32 Å². The first-order chi connectivity index (χ1) is 10.8. The van der Waals surface area contributed by atoms with Gasteiger partial charge in [0.25, 0.3) is 0 Å². The van der Waals surface area contributed by atoms with Gasteiger partial charge in [0, 0.05) is 5.70 Å². The van der Waals surface area contributed by atoms with Crippen molar-refractivity contribution in [3.63, 3.8) is 0 Å². The fourth-order valence-corrected chi connectivity index (χ4v) is 2.62. The molecule has 1 atom stereocenters. The van der Waals surface area contributed by atoms with Gasteiger partial charge >= 0.3 is 0 Å². The normalized spacial score (nSPS) is 16.6. The van der Waals surface area contributed by atoms with E-state index in [1.807, 2.05) is 22.9 Å². The van der Waals surface area contributed by atoms with Crippen molar-refractivity contribution in [2.24, 2.45) is 0 Å². The van der Waals surface area contributed by atoms with Crippen LogP contribution in [-0.4, -0.2) is 14.8 Å². The number of fused-ring (bicyclic) bond motifs is 1. The summed E-state index contributed by atoms with van der Waals surface area (Å²) in [5.41, 5.74) is 2.93. The zero-order valence-corrected chi connectivity index (χ0v) is 11.6. The van der Waals surface area contributed by atoms with Crippen LogP contribution in [0.5, 0.6) is 0 Å². The Hall–Kier alpha value is -2.95. The molecule has 0 amide bonds. The maximum atomic E-state index is 13.1. The summed E-state index contributed by atoms with van der Waals surface area (Å²) < 4.78 is 15.0. The summed E-state index contributed by atoms with van der Waals surface area (Å²) in [6, 6.07) is 16.5. The fraction of sp³-hybridized carbons (Fsp3) is 0.0588. The van der Waals surface area contributed by atoms with Gasteiger partial charge in [0.05, 0.1) is 0 Å². The van der Waals surface area contributed by atoms with Gasteiger partial charge in [0.2, 0.25) is 5.95 Å². The van der Waals surface area contributed by atoms with Crippen molar-refractivity contribution < 1.29 is 4.39 Å². The van der Waals surface area contributed by atoms with E-state index in [0.29, 0.717) is 5.95 Å². The van der Waals surface area contributed by atoms with Gasteiger partial charge in [0.1, 0.15) is 18.2 Å². The van der Waals surface area contributed by atoms with E-state index in [2.05, 4.69) is 33.6 Å². The molecule has 0 aliphatic carbocycles. The van der Waals surface area contributed by atoms with Crippen molar-refractivity contribution >= 4 is 11.6 Å². The minimum atomic E-state index is -0.247. The molecule has 2 aromatic carbocycles. The highest BCUT2D eigenvalue weighted by Gasteiger charge is 2.23. The Morgan fingerprint density at radius 3 is 2.55 bits per heavy atom. The van der Waals surface area contributed by atoms with Crippen LogP contribution in [0.2, 0.25) is 0 Å². The molecule has 2 heterocycles. The molecular weight excluding hydrogens is 279 g/mol. The number of hydrogen-bond acceptors (Lipinski definition) is 3. The summed E-state index contributed by atoms with van der Waals surface area (Å²) in [4.78, 5) is 4.25. The highest BCUT2D eigenvalue weighted by atomic mass is 19.1. The van der Waals surface area contributed by atoms with Crippen LogP contribution in [0.25, 0.3) is 5.70 Å². The summed E-state index contributed by atoms with van der Waals surface area (Å²) in [6.45, 7) is 0. The molecule has 5 heteroatoms. The lowest BCUT2D eigenvalue weighted by molar-refractivity contribution is 0.611. The summed E-state index contributed by atoms with van der Waals surface area (Å²) in [5.74, 6) is 0.429. The van der Waals surface area contributed by atoms with Gasteiger partial charge in [0.15, 0.2) is 0 Å². The lowest BCUT2D eigenvalue weighted by Gasteiger charge is -2.24. The van der Waals surface area contributed by atoms with Crippen molar-refractivity contribution in [2.45, 2.75) is 6.04 Å². The smallest absolute Gasteiger partial charge is 0.226 e. The first kappa shape index (κ1) is 12.8. The second kappa shape index (κ2) is 5.11. The van der Waals surface area contributed by atoms with Gasteiger partial charge in [-0.1, -0.05) is 30.3 Å². The van der Waals surface area contributed by atoms with Crippen molar-refractivity contribution in [3.8, 4) is 0 Å². The van der Waals surface area contributed by atoms with Crippen molar-refractivity contribution in [1.29, 1.82) is 0 Å². The summed E-state index contributed by atoms with van der Waals surface area (Å²) in [5, 5.41) is 7.54. The fourth-order valence-electron chi connectivity index (χ4n) is 2.62. The molecule has 1 N–H and O–H groups in total. The van der Waals surface area contributed by atoms with E-state index in [4.69, 9.17) is 0 Å². The predicted molar refractivity (Wildman–Crippen MR) is 82.6 cm³/mol. The molecule has 22 heavy (non-hydrogen) atoms. The number of nitrogens with zero attached hydrogens (tertiary/aromatic N) is 3. The molecule has 4 rings (SSSR count). The lowest BCUT2D eigenvalue weighted by atomic mass is 10.0. The Labute approximate surface area is 126 Å². The van der Waals surface area contributed by atoms with E-state index >= 15 is 0 Å².